The van der Waals surface area contributed by atoms with Gasteiger partial charge >= 0.3 is 0 Å². The summed E-state index contributed by atoms with van der Waals surface area (Å²) in [6.07, 6.45) is 6.73. The number of hydrogen-bond donors (Lipinski definition) is 1. The highest BCUT2D eigenvalue weighted by atomic mass is 16.5. The van der Waals surface area contributed by atoms with Gasteiger partial charge in [0.25, 0.3) is 5.91 Å². The molecule has 2 heterocycles. The molecule has 1 amide bonds. The first-order chi connectivity index (χ1) is 12.5. The molecule has 0 aliphatic carbocycles. The number of H-pyrrole nitrogens is 1. The Kier molecular flexibility index (Phi) is 4.72. The van der Waals surface area contributed by atoms with Gasteiger partial charge in [-0.2, -0.15) is 0 Å². The van der Waals surface area contributed by atoms with Gasteiger partial charge < -0.3 is 14.4 Å². The number of terminal acetylenes is 1. The zero-order valence-corrected chi connectivity index (χ0v) is 14.4. The summed E-state index contributed by atoms with van der Waals surface area (Å²) in [4.78, 5) is 29.5. The molecule has 3 aromatic rings. The molecule has 6 nitrogen and oxygen atoms in total. The number of nitrogens with one attached hydrogen (secondary N) is 1. The van der Waals surface area contributed by atoms with Crippen LogP contribution in [0.5, 0.6) is 0 Å². The standard InChI is InChI=1S/C20H17N3O3/c1-4-10-23(3)20(25)16-11-15(12-21-16)19(24)17-13(2)26-22-18(17)14-8-6-5-7-9-14/h1,5-9,11-12,21H,10H2,2-3H3. The quantitative estimate of drug-likeness (QED) is 0.568. The molecule has 0 fully saturated rings. The summed E-state index contributed by atoms with van der Waals surface area (Å²) in [5, 5.41) is 4.02. The topological polar surface area (TPSA) is 79.2 Å². The van der Waals surface area contributed by atoms with Crippen molar-refractivity contribution in [2.24, 2.45) is 0 Å². The van der Waals surface area contributed by atoms with E-state index in [1.54, 1.807) is 14.0 Å². The predicted octanol–water partition coefficient (Wildman–Crippen LogP) is 2.91. The summed E-state index contributed by atoms with van der Waals surface area (Å²) >= 11 is 0. The van der Waals surface area contributed by atoms with E-state index in [-0.39, 0.29) is 18.2 Å². The Morgan fingerprint density at radius 1 is 1.31 bits per heavy atom. The number of amides is 1. The molecule has 0 aliphatic rings. The average Bonchev–Trinajstić information content (AvgIpc) is 3.28. The molecule has 0 aliphatic heterocycles. The minimum Gasteiger partial charge on any atom is -0.360 e. The van der Waals surface area contributed by atoms with Gasteiger partial charge in [-0.15, -0.1) is 6.42 Å². The number of carbonyl (C=O) groups is 2. The third kappa shape index (κ3) is 3.15. The van der Waals surface area contributed by atoms with Crippen LogP contribution in [0.3, 0.4) is 0 Å². The highest BCUT2D eigenvalue weighted by Crippen LogP contribution is 2.27. The van der Waals surface area contributed by atoms with Crippen LogP contribution in [0.15, 0.2) is 47.1 Å². The van der Waals surface area contributed by atoms with E-state index in [0.29, 0.717) is 28.3 Å². The smallest absolute Gasteiger partial charge is 0.270 e. The molecule has 0 unspecified atom stereocenters. The number of ketones is 1. The number of carbonyl (C=O) groups excluding carboxylic acids is 2. The molecule has 0 saturated carbocycles. The summed E-state index contributed by atoms with van der Waals surface area (Å²) in [5.41, 5.74) is 2.29. The summed E-state index contributed by atoms with van der Waals surface area (Å²) in [6.45, 7) is 1.87. The van der Waals surface area contributed by atoms with Crippen molar-refractivity contribution in [3.63, 3.8) is 0 Å². The maximum Gasteiger partial charge on any atom is 0.270 e. The number of benzene rings is 1. The first-order valence-electron chi connectivity index (χ1n) is 7.96. The van der Waals surface area contributed by atoms with E-state index in [1.807, 2.05) is 30.3 Å². The number of aromatic amines is 1. The molecular formula is C20H17N3O3. The molecule has 0 atom stereocenters. The van der Waals surface area contributed by atoms with Crippen molar-refractivity contribution in [3.8, 4) is 23.6 Å². The Bertz CT molecular complexity index is 993. The van der Waals surface area contributed by atoms with Gasteiger partial charge in [-0.25, -0.2) is 0 Å². The van der Waals surface area contributed by atoms with Crippen molar-refractivity contribution >= 4 is 11.7 Å². The van der Waals surface area contributed by atoms with Crippen molar-refractivity contribution in [3.05, 3.63) is 65.2 Å². The van der Waals surface area contributed by atoms with E-state index in [1.165, 1.54) is 17.2 Å². The maximum atomic E-state index is 13.0. The highest BCUT2D eigenvalue weighted by molar-refractivity contribution is 6.13. The van der Waals surface area contributed by atoms with Crippen LogP contribution in [0.4, 0.5) is 0 Å². The van der Waals surface area contributed by atoms with E-state index in [0.717, 1.165) is 5.56 Å². The van der Waals surface area contributed by atoms with Crippen LogP contribution < -0.4 is 0 Å². The number of aromatic nitrogens is 2. The van der Waals surface area contributed by atoms with E-state index < -0.39 is 0 Å². The second kappa shape index (κ2) is 7.11. The molecule has 0 spiro atoms. The lowest BCUT2D eigenvalue weighted by molar-refractivity contribution is 0.0807. The minimum atomic E-state index is -0.285. The van der Waals surface area contributed by atoms with Gasteiger partial charge in [-0.05, 0) is 13.0 Å². The molecule has 6 heteroatoms. The molecule has 0 saturated heterocycles. The molecule has 3 rings (SSSR count). The summed E-state index contributed by atoms with van der Waals surface area (Å²) in [5.74, 6) is 2.28. The second-order valence-corrected chi connectivity index (χ2v) is 5.82. The van der Waals surface area contributed by atoms with Crippen LogP contribution >= 0.6 is 0 Å². The van der Waals surface area contributed by atoms with Crippen LogP contribution in [0.1, 0.15) is 32.2 Å². The van der Waals surface area contributed by atoms with Gasteiger partial charge in [0.15, 0.2) is 5.78 Å². The van der Waals surface area contributed by atoms with Crippen LogP contribution in [-0.2, 0) is 0 Å². The van der Waals surface area contributed by atoms with Crippen LogP contribution in [0, 0.1) is 19.3 Å². The average molecular weight is 347 g/mol. The maximum absolute atomic E-state index is 13.0. The number of aryl methyl sites for hydroxylation is 1. The van der Waals surface area contributed by atoms with Crippen molar-refractivity contribution < 1.29 is 14.1 Å². The Morgan fingerprint density at radius 3 is 2.73 bits per heavy atom. The summed E-state index contributed by atoms with van der Waals surface area (Å²) in [6, 6.07) is 10.8. The minimum absolute atomic E-state index is 0.185. The Balaban J connectivity index is 1.94. The predicted molar refractivity (Wildman–Crippen MR) is 96.7 cm³/mol. The molecule has 2 aromatic heterocycles. The normalized spacial score (nSPS) is 10.3. The van der Waals surface area contributed by atoms with Crippen molar-refractivity contribution in [2.75, 3.05) is 13.6 Å². The largest absolute Gasteiger partial charge is 0.360 e. The lowest BCUT2D eigenvalue weighted by Crippen LogP contribution is -2.27. The number of rotatable bonds is 5. The van der Waals surface area contributed by atoms with E-state index in [9.17, 15) is 9.59 Å². The molecule has 130 valence electrons. The molecular weight excluding hydrogens is 330 g/mol. The lowest BCUT2D eigenvalue weighted by Gasteiger charge is -2.11. The van der Waals surface area contributed by atoms with Gasteiger partial charge in [0, 0.05) is 24.4 Å². The van der Waals surface area contributed by atoms with Crippen LogP contribution in [0.25, 0.3) is 11.3 Å². The van der Waals surface area contributed by atoms with E-state index >= 15 is 0 Å². The first-order valence-corrected chi connectivity index (χ1v) is 7.96. The Hall–Kier alpha value is -3.59. The lowest BCUT2D eigenvalue weighted by atomic mass is 9.99. The second-order valence-electron chi connectivity index (χ2n) is 5.82. The molecule has 26 heavy (non-hydrogen) atoms. The molecule has 1 aromatic carbocycles. The van der Waals surface area contributed by atoms with Gasteiger partial charge in [0.05, 0.1) is 12.1 Å². The fourth-order valence-electron chi connectivity index (χ4n) is 2.64. The van der Waals surface area contributed by atoms with Crippen molar-refractivity contribution in [1.29, 1.82) is 0 Å². The fraction of sp³-hybridized carbons (Fsp3) is 0.150. The fourth-order valence-corrected chi connectivity index (χ4v) is 2.64. The number of nitrogens with zero attached hydrogens (tertiary/aromatic N) is 2. The van der Waals surface area contributed by atoms with Crippen LogP contribution in [0.2, 0.25) is 0 Å². The Labute approximate surface area is 150 Å². The van der Waals surface area contributed by atoms with Gasteiger partial charge in [-0.3, -0.25) is 9.59 Å². The molecule has 0 radical (unpaired) electrons. The van der Waals surface area contributed by atoms with Gasteiger partial charge in [-0.1, -0.05) is 41.4 Å². The SMILES string of the molecule is C#CCN(C)C(=O)c1cc(C(=O)c2c(-c3ccccc3)noc2C)c[nH]1. The molecule has 1 N–H and O–H groups in total. The zero-order valence-electron chi connectivity index (χ0n) is 14.4. The third-order valence-electron chi connectivity index (χ3n) is 3.99. The van der Waals surface area contributed by atoms with Crippen molar-refractivity contribution in [2.45, 2.75) is 6.92 Å². The van der Waals surface area contributed by atoms with Gasteiger partial charge in [0.2, 0.25) is 0 Å². The van der Waals surface area contributed by atoms with E-state index in [4.69, 9.17) is 10.9 Å². The number of hydrogen-bond acceptors (Lipinski definition) is 4. The summed E-state index contributed by atoms with van der Waals surface area (Å²) < 4.78 is 5.24. The Morgan fingerprint density at radius 2 is 2.04 bits per heavy atom. The first kappa shape index (κ1) is 17.2. The van der Waals surface area contributed by atoms with Crippen LogP contribution in [-0.4, -0.2) is 40.3 Å². The van der Waals surface area contributed by atoms with Crippen molar-refractivity contribution in [1.82, 2.24) is 15.0 Å². The molecule has 0 bridgehead atoms. The van der Waals surface area contributed by atoms with Gasteiger partial charge in [0.1, 0.15) is 17.1 Å². The third-order valence-corrected chi connectivity index (χ3v) is 3.99. The monoisotopic (exact) mass is 347 g/mol. The van der Waals surface area contributed by atoms with E-state index in [2.05, 4.69) is 16.1 Å². The zero-order chi connectivity index (χ0) is 18.7. The highest BCUT2D eigenvalue weighted by Gasteiger charge is 2.24. The summed E-state index contributed by atoms with van der Waals surface area (Å²) in [7, 11) is 1.60.